The second-order valence-electron chi connectivity index (χ2n) is 6.46. The van der Waals surface area contributed by atoms with Gasteiger partial charge in [-0.25, -0.2) is 0 Å². The highest BCUT2D eigenvalue weighted by molar-refractivity contribution is 5.93. The van der Waals surface area contributed by atoms with Gasteiger partial charge in [0.15, 0.2) is 0 Å². The van der Waals surface area contributed by atoms with Crippen molar-refractivity contribution >= 4 is 10.9 Å². The van der Waals surface area contributed by atoms with Crippen molar-refractivity contribution in [1.82, 2.24) is 4.98 Å². The van der Waals surface area contributed by atoms with E-state index in [0.29, 0.717) is 18.7 Å². The van der Waals surface area contributed by atoms with Gasteiger partial charge in [-0.15, -0.1) is 0 Å². The van der Waals surface area contributed by atoms with Crippen LogP contribution in [0.3, 0.4) is 0 Å². The van der Waals surface area contributed by atoms with Crippen molar-refractivity contribution in [3.63, 3.8) is 0 Å². The first-order chi connectivity index (χ1) is 12.5. The third-order valence-electron chi connectivity index (χ3n) is 4.79. The molecule has 0 aliphatic heterocycles. The Balaban J connectivity index is 2.24. The van der Waals surface area contributed by atoms with E-state index < -0.39 is 11.7 Å². The van der Waals surface area contributed by atoms with Crippen LogP contribution in [0.4, 0.5) is 13.2 Å². The van der Waals surface area contributed by atoms with Crippen LogP contribution in [-0.2, 0) is 19.0 Å². The van der Waals surface area contributed by atoms with Crippen molar-refractivity contribution in [3.05, 3.63) is 59.2 Å². The van der Waals surface area contributed by atoms with Gasteiger partial charge < -0.3 is 10.7 Å². The number of rotatable bonds is 6. The van der Waals surface area contributed by atoms with E-state index in [-0.39, 0.29) is 5.56 Å². The molecule has 0 saturated heterocycles. The van der Waals surface area contributed by atoms with Crippen LogP contribution in [0.2, 0.25) is 0 Å². The summed E-state index contributed by atoms with van der Waals surface area (Å²) in [4.78, 5) is 3.31. The van der Waals surface area contributed by atoms with Gasteiger partial charge in [-0.05, 0) is 49.4 Å². The Morgan fingerprint density at radius 2 is 1.77 bits per heavy atom. The monoisotopic (exact) mass is 360 g/mol. The fourth-order valence-corrected chi connectivity index (χ4v) is 3.51. The number of aryl methyl sites for hydroxylation is 2. The summed E-state index contributed by atoms with van der Waals surface area (Å²) in [6.45, 7) is 2.63. The molecule has 5 heteroatoms. The van der Waals surface area contributed by atoms with E-state index >= 15 is 0 Å². The summed E-state index contributed by atoms with van der Waals surface area (Å²) in [7, 11) is 0. The predicted octanol–water partition coefficient (Wildman–Crippen LogP) is 5.70. The van der Waals surface area contributed by atoms with E-state index in [9.17, 15) is 13.2 Å². The lowest BCUT2D eigenvalue weighted by Gasteiger charge is -2.13. The second-order valence-corrected chi connectivity index (χ2v) is 6.46. The minimum absolute atomic E-state index is 0.209. The SMILES string of the molecule is CCc1cccc2c(CCCCN)c(-c3ccccc3C(F)(F)F)[nH]c12. The number of halogens is 3. The van der Waals surface area contributed by atoms with Gasteiger partial charge in [0, 0.05) is 16.5 Å². The van der Waals surface area contributed by atoms with E-state index in [4.69, 9.17) is 5.73 Å². The van der Waals surface area contributed by atoms with Crippen molar-refractivity contribution < 1.29 is 13.2 Å². The van der Waals surface area contributed by atoms with Crippen LogP contribution in [0, 0.1) is 0 Å². The summed E-state index contributed by atoms with van der Waals surface area (Å²) in [6.07, 6.45) is -1.18. The Labute approximate surface area is 151 Å². The Morgan fingerprint density at radius 3 is 2.46 bits per heavy atom. The Hall–Kier alpha value is -2.27. The summed E-state index contributed by atoms with van der Waals surface area (Å²) >= 11 is 0. The van der Waals surface area contributed by atoms with Crippen molar-refractivity contribution in [2.75, 3.05) is 6.54 Å². The summed E-state index contributed by atoms with van der Waals surface area (Å²) in [5.41, 5.74) is 8.77. The molecule has 0 fully saturated rings. The molecular weight excluding hydrogens is 337 g/mol. The van der Waals surface area contributed by atoms with Crippen LogP contribution in [0.1, 0.15) is 36.5 Å². The molecule has 0 atom stereocenters. The van der Waals surface area contributed by atoms with Crippen molar-refractivity contribution in [2.24, 2.45) is 5.73 Å². The molecule has 26 heavy (non-hydrogen) atoms. The van der Waals surface area contributed by atoms with Gasteiger partial charge in [0.2, 0.25) is 0 Å². The number of fused-ring (bicyclic) bond motifs is 1. The summed E-state index contributed by atoms with van der Waals surface area (Å²) < 4.78 is 40.6. The summed E-state index contributed by atoms with van der Waals surface area (Å²) in [5, 5.41) is 1.01. The molecule has 3 rings (SSSR count). The first-order valence-electron chi connectivity index (χ1n) is 8.96. The predicted molar refractivity (Wildman–Crippen MR) is 100 cm³/mol. The zero-order chi connectivity index (χ0) is 18.7. The van der Waals surface area contributed by atoms with Gasteiger partial charge in [0.1, 0.15) is 0 Å². The highest BCUT2D eigenvalue weighted by Gasteiger charge is 2.34. The standard InChI is InChI=1S/C21H23F3N2/c1-2-14-8-7-11-15-16(9-5-6-13-25)20(26-19(14)15)17-10-3-4-12-18(17)21(22,23)24/h3-4,7-8,10-12,26H,2,5-6,9,13,25H2,1H3. The molecule has 2 nitrogen and oxygen atoms in total. The average molecular weight is 360 g/mol. The van der Waals surface area contributed by atoms with Crippen LogP contribution < -0.4 is 5.73 Å². The molecule has 3 N–H and O–H groups in total. The van der Waals surface area contributed by atoms with Gasteiger partial charge in [0.25, 0.3) is 0 Å². The maximum atomic E-state index is 13.5. The molecule has 3 aromatic rings. The summed E-state index contributed by atoms with van der Waals surface area (Å²) in [6, 6.07) is 11.8. The number of H-pyrrole nitrogens is 1. The van der Waals surface area contributed by atoms with Crippen molar-refractivity contribution in [1.29, 1.82) is 0 Å². The maximum absolute atomic E-state index is 13.5. The lowest BCUT2D eigenvalue weighted by molar-refractivity contribution is -0.137. The van der Waals surface area contributed by atoms with E-state index in [1.807, 2.05) is 25.1 Å². The van der Waals surface area contributed by atoms with E-state index in [1.54, 1.807) is 12.1 Å². The molecule has 0 amide bonds. The van der Waals surface area contributed by atoms with Crippen molar-refractivity contribution in [2.45, 2.75) is 38.8 Å². The van der Waals surface area contributed by atoms with Gasteiger partial charge in [-0.3, -0.25) is 0 Å². The molecule has 0 unspecified atom stereocenters. The molecule has 1 heterocycles. The highest BCUT2D eigenvalue weighted by atomic mass is 19.4. The third kappa shape index (κ3) is 3.49. The lowest BCUT2D eigenvalue weighted by atomic mass is 9.96. The first-order valence-corrected chi connectivity index (χ1v) is 8.96. The van der Waals surface area contributed by atoms with Gasteiger partial charge in [0.05, 0.1) is 11.3 Å². The van der Waals surface area contributed by atoms with Crippen LogP contribution >= 0.6 is 0 Å². The number of hydrogen-bond acceptors (Lipinski definition) is 1. The number of aromatic amines is 1. The van der Waals surface area contributed by atoms with E-state index in [2.05, 4.69) is 4.98 Å². The van der Waals surface area contributed by atoms with Gasteiger partial charge in [-0.2, -0.15) is 13.2 Å². The Morgan fingerprint density at radius 1 is 1.00 bits per heavy atom. The molecule has 0 bridgehead atoms. The average Bonchev–Trinajstić information content (AvgIpc) is 3.00. The molecule has 0 aliphatic rings. The number of alkyl halides is 3. The number of unbranched alkanes of at least 4 members (excludes halogenated alkanes) is 1. The fraction of sp³-hybridized carbons (Fsp3) is 0.333. The normalized spacial score (nSPS) is 12.0. The highest BCUT2D eigenvalue weighted by Crippen LogP contribution is 2.40. The summed E-state index contributed by atoms with van der Waals surface area (Å²) in [5.74, 6) is 0. The van der Waals surface area contributed by atoms with E-state index in [1.165, 1.54) is 6.07 Å². The smallest absolute Gasteiger partial charge is 0.354 e. The number of nitrogens with two attached hydrogens (primary N) is 1. The lowest BCUT2D eigenvalue weighted by Crippen LogP contribution is -2.07. The maximum Gasteiger partial charge on any atom is 0.417 e. The Kier molecular flexibility index (Phi) is 5.37. The Bertz CT molecular complexity index is 894. The number of para-hydroxylation sites is 1. The van der Waals surface area contributed by atoms with Crippen LogP contribution in [-0.4, -0.2) is 11.5 Å². The van der Waals surface area contributed by atoms with Crippen LogP contribution in [0.5, 0.6) is 0 Å². The number of aromatic nitrogens is 1. The van der Waals surface area contributed by atoms with Crippen molar-refractivity contribution in [3.8, 4) is 11.3 Å². The molecule has 0 aliphatic carbocycles. The molecule has 2 aromatic carbocycles. The number of nitrogens with one attached hydrogen (secondary N) is 1. The van der Waals surface area contributed by atoms with Gasteiger partial charge in [-0.1, -0.05) is 43.3 Å². The molecule has 138 valence electrons. The van der Waals surface area contributed by atoms with E-state index in [0.717, 1.165) is 47.4 Å². The zero-order valence-electron chi connectivity index (χ0n) is 14.8. The number of benzene rings is 2. The largest absolute Gasteiger partial charge is 0.417 e. The molecule has 0 spiro atoms. The molecule has 0 saturated carbocycles. The molecule has 1 aromatic heterocycles. The van der Waals surface area contributed by atoms with Crippen LogP contribution in [0.25, 0.3) is 22.2 Å². The number of hydrogen-bond donors (Lipinski definition) is 2. The second kappa shape index (κ2) is 7.54. The quantitative estimate of drug-likeness (QED) is 0.544. The third-order valence-corrected chi connectivity index (χ3v) is 4.79. The van der Waals surface area contributed by atoms with Gasteiger partial charge >= 0.3 is 6.18 Å². The fourth-order valence-electron chi connectivity index (χ4n) is 3.51. The molecule has 0 radical (unpaired) electrons. The van der Waals surface area contributed by atoms with Crippen LogP contribution in [0.15, 0.2) is 42.5 Å². The molecular formula is C21H23F3N2. The minimum atomic E-state index is -4.39. The first kappa shape index (κ1) is 18.5. The minimum Gasteiger partial charge on any atom is -0.354 e. The zero-order valence-corrected chi connectivity index (χ0v) is 14.8. The topological polar surface area (TPSA) is 41.8 Å².